The monoisotopic (exact) mass is 237 g/mol. The Balaban J connectivity index is 2.46. The molecule has 2 unspecified atom stereocenters. The molecule has 4 heteroatoms. The number of likely N-dealkylation sites (tertiary alicyclic amines) is 1. The molecule has 96 valence electrons. The Hall–Kier alpha value is -1.08. The predicted molar refractivity (Wildman–Crippen MR) is 67.3 cm³/mol. The fourth-order valence-electron chi connectivity index (χ4n) is 2.47. The van der Waals surface area contributed by atoms with Gasteiger partial charge in [-0.3, -0.25) is 9.69 Å². The molecule has 0 saturated carbocycles. The van der Waals surface area contributed by atoms with E-state index in [9.17, 15) is 4.79 Å². The van der Waals surface area contributed by atoms with Gasteiger partial charge in [-0.15, -0.1) is 0 Å². The number of carbonyl (C=O) groups is 1. The SMILES string of the molecule is CCC1CCC(C)N1CC(=O)N(C)CCC#N. The molecule has 1 saturated heterocycles. The second-order valence-corrected chi connectivity index (χ2v) is 4.88. The molecule has 1 rings (SSSR count). The summed E-state index contributed by atoms with van der Waals surface area (Å²) in [5, 5.41) is 8.50. The molecule has 0 radical (unpaired) electrons. The van der Waals surface area contributed by atoms with Crippen LogP contribution in [0.25, 0.3) is 0 Å². The van der Waals surface area contributed by atoms with Crippen molar-refractivity contribution in [1.29, 1.82) is 5.26 Å². The zero-order valence-corrected chi connectivity index (χ0v) is 11.1. The molecule has 4 nitrogen and oxygen atoms in total. The first-order valence-electron chi connectivity index (χ1n) is 6.46. The molecule has 0 aromatic carbocycles. The van der Waals surface area contributed by atoms with E-state index in [2.05, 4.69) is 24.8 Å². The van der Waals surface area contributed by atoms with Crippen LogP contribution in [0.3, 0.4) is 0 Å². The Bertz CT molecular complexity index is 298. The van der Waals surface area contributed by atoms with Gasteiger partial charge in [-0.1, -0.05) is 6.92 Å². The van der Waals surface area contributed by atoms with E-state index >= 15 is 0 Å². The Kier molecular flexibility index (Phi) is 5.43. The lowest BCUT2D eigenvalue weighted by molar-refractivity contribution is -0.131. The second kappa shape index (κ2) is 6.61. The molecule has 0 bridgehead atoms. The first-order chi connectivity index (χ1) is 8.10. The van der Waals surface area contributed by atoms with Crippen LogP contribution in [-0.2, 0) is 4.79 Å². The summed E-state index contributed by atoms with van der Waals surface area (Å²) in [7, 11) is 1.78. The maximum Gasteiger partial charge on any atom is 0.236 e. The Labute approximate surface area is 104 Å². The fourth-order valence-corrected chi connectivity index (χ4v) is 2.47. The van der Waals surface area contributed by atoms with Gasteiger partial charge in [0, 0.05) is 25.7 Å². The first-order valence-corrected chi connectivity index (χ1v) is 6.46. The van der Waals surface area contributed by atoms with Crippen LogP contribution in [0.1, 0.15) is 39.5 Å². The van der Waals surface area contributed by atoms with Crippen molar-refractivity contribution in [3.05, 3.63) is 0 Å². The van der Waals surface area contributed by atoms with Crippen LogP contribution in [0.5, 0.6) is 0 Å². The van der Waals surface area contributed by atoms with Crippen molar-refractivity contribution in [3.63, 3.8) is 0 Å². The Morgan fingerprint density at radius 1 is 1.53 bits per heavy atom. The zero-order chi connectivity index (χ0) is 12.8. The molecule has 2 atom stereocenters. The maximum atomic E-state index is 12.0. The second-order valence-electron chi connectivity index (χ2n) is 4.88. The van der Waals surface area contributed by atoms with E-state index < -0.39 is 0 Å². The average molecular weight is 237 g/mol. The average Bonchev–Trinajstić information content (AvgIpc) is 2.67. The number of rotatable bonds is 5. The van der Waals surface area contributed by atoms with Gasteiger partial charge < -0.3 is 4.90 Å². The van der Waals surface area contributed by atoms with Gasteiger partial charge in [-0.25, -0.2) is 0 Å². The highest BCUT2D eigenvalue weighted by molar-refractivity contribution is 5.78. The summed E-state index contributed by atoms with van der Waals surface area (Å²) < 4.78 is 0. The van der Waals surface area contributed by atoms with Crippen molar-refractivity contribution in [3.8, 4) is 6.07 Å². The Morgan fingerprint density at radius 3 is 2.82 bits per heavy atom. The molecule has 0 N–H and O–H groups in total. The minimum absolute atomic E-state index is 0.132. The first kappa shape index (κ1) is 14.0. The number of nitrogens with zero attached hydrogens (tertiary/aromatic N) is 3. The molecule has 1 heterocycles. The van der Waals surface area contributed by atoms with Gasteiger partial charge in [0.15, 0.2) is 0 Å². The predicted octanol–water partition coefficient (Wildman–Crippen LogP) is 1.62. The van der Waals surface area contributed by atoms with Crippen molar-refractivity contribution in [1.82, 2.24) is 9.80 Å². The molecule has 0 aromatic rings. The number of hydrogen-bond acceptors (Lipinski definition) is 3. The highest BCUT2D eigenvalue weighted by atomic mass is 16.2. The van der Waals surface area contributed by atoms with E-state index in [-0.39, 0.29) is 5.91 Å². The van der Waals surface area contributed by atoms with Crippen molar-refractivity contribution in [2.24, 2.45) is 0 Å². The van der Waals surface area contributed by atoms with E-state index in [0.717, 1.165) is 6.42 Å². The summed E-state index contributed by atoms with van der Waals surface area (Å²) in [5.74, 6) is 0.132. The summed E-state index contributed by atoms with van der Waals surface area (Å²) in [6.45, 7) is 5.41. The fraction of sp³-hybridized carbons (Fsp3) is 0.846. The van der Waals surface area contributed by atoms with Crippen LogP contribution in [-0.4, -0.2) is 47.9 Å². The van der Waals surface area contributed by atoms with Crippen molar-refractivity contribution < 1.29 is 4.79 Å². The third-order valence-corrected chi connectivity index (χ3v) is 3.73. The van der Waals surface area contributed by atoms with Crippen molar-refractivity contribution in [2.45, 2.75) is 51.6 Å². The van der Waals surface area contributed by atoms with Gasteiger partial charge in [0.2, 0.25) is 5.91 Å². The van der Waals surface area contributed by atoms with E-state index in [1.165, 1.54) is 12.8 Å². The Morgan fingerprint density at radius 2 is 2.24 bits per heavy atom. The van der Waals surface area contributed by atoms with Crippen LogP contribution in [0.2, 0.25) is 0 Å². The number of carbonyl (C=O) groups excluding carboxylic acids is 1. The summed E-state index contributed by atoms with van der Waals surface area (Å²) in [6, 6.07) is 3.13. The lowest BCUT2D eigenvalue weighted by atomic mass is 10.1. The van der Waals surface area contributed by atoms with Crippen LogP contribution >= 0.6 is 0 Å². The van der Waals surface area contributed by atoms with Crippen molar-refractivity contribution in [2.75, 3.05) is 20.1 Å². The van der Waals surface area contributed by atoms with E-state index in [1.54, 1.807) is 11.9 Å². The van der Waals surface area contributed by atoms with Crippen LogP contribution in [0.4, 0.5) is 0 Å². The van der Waals surface area contributed by atoms with Crippen LogP contribution in [0.15, 0.2) is 0 Å². The lowest BCUT2D eigenvalue weighted by Gasteiger charge is -2.28. The standard InChI is InChI=1S/C13H23N3O/c1-4-12-7-6-11(2)16(12)10-13(17)15(3)9-5-8-14/h11-12H,4-7,9-10H2,1-3H3. The third kappa shape index (κ3) is 3.71. The molecule has 17 heavy (non-hydrogen) atoms. The lowest BCUT2D eigenvalue weighted by Crippen LogP contribution is -2.43. The maximum absolute atomic E-state index is 12.0. The van der Waals surface area contributed by atoms with E-state index in [1.807, 2.05) is 0 Å². The normalized spacial score (nSPS) is 24.6. The minimum atomic E-state index is 0.132. The van der Waals surface area contributed by atoms with Gasteiger partial charge in [0.25, 0.3) is 0 Å². The highest BCUT2D eigenvalue weighted by Gasteiger charge is 2.31. The van der Waals surface area contributed by atoms with Crippen LogP contribution < -0.4 is 0 Å². The van der Waals surface area contributed by atoms with E-state index in [0.29, 0.717) is 31.6 Å². The molecule has 1 aliphatic heterocycles. The largest absolute Gasteiger partial charge is 0.344 e. The summed E-state index contributed by atoms with van der Waals surface area (Å²) >= 11 is 0. The molecule has 1 amide bonds. The number of likely N-dealkylation sites (N-methyl/N-ethyl adjacent to an activating group) is 1. The van der Waals surface area contributed by atoms with Crippen LogP contribution in [0, 0.1) is 11.3 Å². The molecule has 1 aliphatic rings. The topological polar surface area (TPSA) is 47.3 Å². The van der Waals surface area contributed by atoms with Gasteiger partial charge in [-0.05, 0) is 26.2 Å². The number of nitriles is 1. The summed E-state index contributed by atoms with van der Waals surface area (Å²) in [6.07, 6.45) is 3.91. The van der Waals surface area contributed by atoms with Gasteiger partial charge in [0.05, 0.1) is 19.0 Å². The van der Waals surface area contributed by atoms with Gasteiger partial charge in [-0.2, -0.15) is 5.26 Å². The molecule has 0 aromatic heterocycles. The third-order valence-electron chi connectivity index (χ3n) is 3.73. The summed E-state index contributed by atoms with van der Waals surface area (Å²) in [5.41, 5.74) is 0. The molecule has 0 spiro atoms. The molecular weight excluding hydrogens is 214 g/mol. The quantitative estimate of drug-likeness (QED) is 0.730. The molecular formula is C13H23N3O. The molecule has 1 fully saturated rings. The highest BCUT2D eigenvalue weighted by Crippen LogP contribution is 2.25. The van der Waals surface area contributed by atoms with Gasteiger partial charge in [0.1, 0.15) is 0 Å². The minimum Gasteiger partial charge on any atom is -0.344 e. The smallest absolute Gasteiger partial charge is 0.236 e. The zero-order valence-electron chi connectivity index (χ0n) is 11.1. The van der Waals surface area contributed by atoms with E-state index in [4.69, 9.17) is 5.26 Å². The van der Waals surface area contributed by atoms with Crippen molar-refractivity contribution >= 4 is 5.91 Å². The summed E-state index contributed by atoms with van der Waals surface area (Å²) in [4.78, 5) is 16.0. The van der Waals surface area contributed by atoms with Gasteiger partial charge >= 0.3 is 0 Å². The number of hydrogen-bond donors (Lipinski definition) is 0. The molecule has 0 aliphatic carbocycles. The number of amides is 1.